The summed E-state index contributed by atoms with van der Waals surface area (Å²) in [5.41, 5.74) is 1.76. The minimum Gasteiger partial charge on any atom is -0.507 e. The van der Waals surface area contributed by atoms with Crippen LogP contribution in [0, 0.1) is 0 Å². The summed E-state index contributed by atoms with van der Waals surface area (Å²) in [5.74, 6) is -0.0147. The molecule has 0 heterocycles. The fourth-order valence-electron chi connectivity index (χ4n) is 4.24. The Hall–Kier alpha value is -1.71. The predicted molar refractivity (Wildman–Crippen MR) is 174 cm³/mol. The molecule has 0 atom stereocenters. The minimum absolute atomic E-state index is 0.0140. The van der Waals surface area contributed by atoms with Crippen LogP contribution in [0.3, 0.4) is 0 Å². The van der Waals surface area contributed by atoms with Crippen LogP contribution in [0.2, 0.25) is 40.2 Å². The van der Waals surface area contributed by atoms with Crippen LogP contribution in [0.5, 0.6) is 17.2 Å². The molecule has 5 nitrogen and oxygen atoms in total. The number of halogens is 8. The van der Waals surface area contributed by atoms with E-state index in [4.69, 9.17) is 97.0 Å². The van der Waals surface area contributed by atoms with Gasteiger partial charge < -0.3 is 25.0 Å². The highest BCUT2D eigenvalue weighted by atomic mass is 35.5. The van der Waals surface area contributed by atoms with Gasteiger partial charge >= 0.3 is 0 Å². The Kier molecular flexibility index (Phi) is 8.57. The first-order valence-electron chi connectivity index (χ1n) is 10.9. The van der Waals surface area contributed by atoms with Crippen LogP contribution in [0.15, 0.2) is 42.5 Å². The maximum Gasteiger partial charge on any atom is 0.183 e. The van der Waals surface area contributed by atoms with Crippen molar-refractivity contribution in [3.63, 3.8) is 0 Å². The summed E-state index contributed by atoms with van der Waals surface area (Å²) in [6.45, 7) is 0. The molecule has 0 spiro atoms. The van der Waals surface area contributed by atoms with Crippen molar-refractivity contribution in [2.24, 2.45) is 0 Å². The van der Waals surface area contributed by atoms with Gasteiger partial charge in [-0.1, -0.05) is 98.9 Å². The van der Waals surface area contributed by atoms with E-state index in [2.05, 4.69) is 23.5 Å². The zero-order chi connectivity index (χ0) is 29.0. The van der Waals surface area contributed by atoms with Gasteiger partial charge in [-0.15, -0.1) is 0 Å². The summed E-state index contributed by atoms with van der Waals surface area (Å²) in [7, 11) is 0. The Labute approximate surface area is 273 Å². The molecule has 0 unspecified atom stereocenters. The van der Waals surface area contributed by atoms with Crippen LogP contribution < -0.4 is 14.8 Å². The Balaban J connectivity index is 1.65. The van der Waals surface area contributed by atoms with Gasteiger partial charge in [0.15, 0.2) is 5.75 Å². The second-order valence-electron chi connectivity index (χ2n) is 8.30. The highest BCUT2D eigenvalue weighted by Gasteiger charge is 2.23. The van der Waals surface area contributed by atoms with Crippen LogP contribution in [-0.2, 0) is 0 Å². The van der Waals surface area contributed by atoms with Crippen molar-refractivity contribution in [1.29, 1.82) is 0 Å². The number of hydrogen-bond donors (Lipinski definition) is 5. The lowest BCUT2D eigenvalue weighted by atomic mass is 10.1. The van der Waals surface area contributed by atoms with Gasteiger partial charge in [-0.25, -0.2) is 0 Å². The van der Waals surface area contributed by atoms with E-state index in [1.54, 1.807) is 30.3 Å². The molecule has 0 aliphatic carbocycles. The number of fused-ring (bicyclic) bond motifs is 2. The molecule has 0 bridgehead atoms. The summed E-state index contributed by atoms with van der Waals surface area (Å²) < 4.78 is 5.44. The molecule has 40 heavy (non-hydrogen) atoms. The molecule has 0 aromatic heterocycles. The molecule has 14 heteroatoms. The lowest BCUT2D eigenvalue weighted by molar-refractivity contribution is 0.481. The SMILES string of the molecule is Oc1ccc(Nc2cccc(Nc3ccc(O)c4c(Cl)c(Cl)c(Cl)c(Cl)c34)c2OS)c2c(Cl)c(Cl)c(Cl)c(Cl)c12. The van der Waals surface area contributed by atoms with E-state index in [1.807, 2.05) is 0 Å². The highest BCUT2D eigenvalue weighted by Crippen LogP contribution is 2.51. The number of para-hydroxylation sites is 1. The zero-order valence-corrected chi connectivity index (χ0v) is 26.3. The van der Waals surface area contributed by atoms with Crippen LogP contribution >= 0.6 is 106 Å². The average molecular weight is 716 g/mol. The molecule has 0 saturated carbocycles. The van der Waals surface area contributed by atoms with Crippen molar-refractivity contribution in [1.82, 2.24) is 0 Å². The summed E-state index contributed by atoms with van der Waals surface area (Å²) in [4.78, 5) is 0. The Bertz CT molecular complexity index is 1740. The largest absolute Gasteiger partial charge is 0.507 e. The molecule has 5 rings (SSSR count). The van der Waals surface area contributed by atoms with E-state index < -0.39 is 0 Å². The fraction of sp³-hybridized carbons (Fsp3) is 0. The van der Waals surface area contributed by atoms with Crippen LogP contribution in [-0.4, -0.2) is 10.2 Å². The monoisotopic (exact) mass is 712 g/mol. The van der Waals surface area contributed by atoms with Crippen molar-refractivity contribution < 1.29 is 14.4 Å². The first kappa shape index (κ1) is 29.8. The molecular formula is C26H12Cl8N2O3S. The number of phenolic OH excluding ortho intramolecular Hbond substituents is 2. The molecule has 5 aromatic rings. The standard InChI is InChI=1S/C26H12Cl8N2O3S/c27-18-14-8(4-6-12(37)16(14)20(29)24(33)22(18)31)35-10-2-1-3-11(26(10)39-40)36-9-5-7-13(38)17-15(9)19(28)23(32)25(34)21(17)30/h1-7,35-38,40H. The number of hydrogen-bond acceptors (Lipinski definition) is 6. The molecule has 4 N–H and O–H groups in total. The van der Waals surface area contributed by atoms with Crippen molar-refractivity contribution in [2.45, 2.75) is 0 Å². The molecule has 0 fully saturated rings. The van der Waals surface area contributed by atoms with Gasteiger partial charge in [0.25, 0.3) is 0 Å². The van der Waals surface area contributed by atoms with Gasteiger partial charge in [0.2, 0.25) is 0 Å². The number of anilines is 4. The van der Waals surface area contributed by atoms with Gasteiger partial charge in [-0.2, -0.15) is 0 Å². The van der Waals surface area contributed by atoms with Gasteiger partial charge in [0, 0.05) is 45.8 Å². The molecule has 0 amide bonds. The fourth-order valence-corrected chi connectivity index (χ4v) is 6.54. The highest BCUT2D eigenvalue weighted by molar-refractivity contribution is 7.75. The first-order chi connectivity index (χ1) is 19.0. The second kappa shape index (κ2) is 11.5. The maximum atomic E-state index is 10.5. The van der Waals surface area contributed by atoms with Gasteiger partial charge in [-0.05, 0) is 36.4 Å². The quantitative estimate of drug-likeness (QED) is 0.0412. The van der Waals surface area contributed by atoms with Gasteiger partial charge in [-0.3, -0.25) is 0 Å². The minimum atomic E-state index is -0.138. The maximum absolute atomic E-state index is 10.5. The average Bonchev–Trinajstić information content (AvgIpc) is 2.94. The van der Waals surface area contributed by atoms with Crippen LogP contribution in [0.4, 0.5) is 22.7 Å². The van der Waals surface area contributed by atoms with Crippen LogP contribution in [0.1, 0.15) is 0 Å². The third kappa shape index (κ3) is 4.87. The normalized spacial score (nSPS) is 11.3. The lowest BCUT2D eigenvalue weighted by Gasteiger charge is -2.19. The molecule has 0 aliphatic heterocycles. The molecule has 0 aliphatic rings. The molecular weight excluding hydrogens is 704 g/mol. The van der Waals surface area contributed by atoms with Crippen molar-refractivity contribution in [3.05, 3.63) is 82.6 Å². The van der Waals surface area contributed by atoms with E-state index >= 15 is 0 Å². The number of phenols is 2. The van der Waals surface area contributed by atoms with E-state index in [0.29, 0.717) is 33.5 Å². The van der Waals surface area contributed by atoms with Gasteiger partial charge in [0.1, 0.15) is 11.5 Å². The van der Waals surface area contributed by atoms with Crippen molar-refractivity contribution in [3.8, 4) is 17.2 Å². The Morgan fingerprint density at radius 1 is 0.475 bits per heavy atom. The molecule has 0 saturated heterocycles. The van der Waals surface area contributed by atoms with Crippen molar-refractivity contribution in [2.75, 3.05) is 10.6 Å². The molecule has 5 aromatic carbocycles. The van der Waals surface area contributed by atoms with E-state index in [0.717, 1.165) is 0 Å². The van der Waals surface area contributed by atoms with E-state index in [1.165, 1.54) is 12.1 Å². The summed E-state index contributed by atoms with van der Waals surface area (Å²) >= 11 is 55.0. The third-order valence-electron chi connectivity index (χ3n) is 6.05. The molecule has 206 valence electrons. The van der Waals surface area contributed by atoms with Crippen LogP contribution in [0.25, 0.3) is 21.5 Å². The van der Waals surface area contributed by atoms with E-state index in [-0.39, 0.29) is 68.2 Å². The first-order valence-corrected chi connectivity index (χ1v) is 14.3. The Morgan fingerprint density at radius 3 is 1.18 bits per heavy atom. The number of thiol groups is 1. The Morgan fingerprint density at radius 2 is 0.825 bits per heavy atom. The third-order valence-corrected chi connectivity index (χ3v) is 9.83. The lowest BCUT2D eigenvalue weighted by Crippen LogP contribution is -1.99. The topological polar surface area (TPSA) is 73.8 Å². The van der Waals surface area contributed by atoms with Gasteiger partial charge in [0.05, 0.1) is 51.6 Å². The number of aromatic hydroxyl groups is 2. The zero-order valence-electron chi connectivity index (χ0n) is 19.3. The second-order valence-corrected chi connectivity index (χ2v) is 11.5. The number of rotatable bonds is 5. The number of benzene rings is 5. The predicted octanol–water partition coefficient (Wildman–Crippen LogP) is 12.3. The van der Waals surface area contributed by atoms with E-state index in [9.17, 15) is 10.2 Å². The summed E-state index contributed by atoms with van der Waals surface area (Å²) in [6.07, 6.45) is 0. The summed E-state index contributed by atoms with van der Waals surface area (Å²) in [5, 5.41) is 28.9. The molecule has 0 radical (unpaired) electrons. The smallest absolute Gasteiger partial charge is 0.183 e. The summed E-state index contributed by atoms with van der Waals surface area (Å²) in [6, 6.07) is 11.2. The van der Waals surface area contributed by atoms with Crippen molar-refractivity contribution >= 4 is 150 Å². The number of nitrogens with one attached hydrogen (secondary N) is 2.